The van der Waals surface area contributed by atoms with Gasteiger partial charge in [0.05, 0.1) is 11.1 Å². The van der Waals surface area contributed by atoms with Crippen LogP contribution in [0.2, 0.25) is 0 Å². The molecule has 1 aromatic heterocycles. The smallest absolute Gasteiger partial charge is 0.271 e. The van der Waals surface area contributed by atoms with Gasteiger partial charge in [-0.25, -0.2) is 5.43 Å². The Morgan fingerprint density at radius 2 is 2.08 bits per heavy atom. The summed E-state index contributed by atoms with van der Waals surface area (Å²) in [4.78, 5) is 23.5. The number of carbonyl (C=O) groups is 1. The Balaban J connectivity index is 1.97. The highest BCUT2D eigenvalue weighted by atomic mass is 32.2. The molecule has 0 atom stereocenters. The molecule has 1 aromatic carbocycles. The van der Waals surface area contributed by atoms with Crippen LogP contribution in [0, 0.1) is 24.0 Å². The number of nitro groups is 1. The van der Waals surface area contributed by atoms with Crippen molar-refractivity contribution in [3.63, 3.8) is 0 Å². The fraction of sp³-hybridized carbons (Fsp3) is 0.267. The number of hydrogen-bond acceptors (Lipinski definition) is 6. The van der Waals surface area contributed by atoms with Gasteiger partial charge in [-0.3, -0.25) is 19.6 Å². The van der Waals surface area contributed by atoms with Crippen LogP contribution in [0.3, 0.4) is 0 Å². The maximum absolute atomic E-state index is 11.9. The molecule has 24 heavy (non-hydrogen) atoms. The fourth-order valence-corrected chi connectivity index (χ4v) is 2.55. The molecule has 1 N–H and O–H groups in total. The van der Waals surface area contributed by atoms with Gasteiger partial charge in [0.2, 0.25) is 0 Å². The fourth-order valence-electron chi connectivity index (χ4n) is 2.15. The van der Waals surface area contributed by atoms with E-state index in [-0.39, 0.29) is 17.9 Å². The van der Waals surface area contributed by atoms with Crippen molar-refractivity contribution in [2.45, 2.75) is 25.3 Å². The van der Waals surface area contributed by atoms with Crippen LogP contribution in [0.5, 0.6) is 0 Å². The van der Waals surface area contributed by atoms with Crippen LogP contribution in [0.4, 0.5) is 5.69 Å². The highest BCUT2D eigenvalue weighted by molar-refractivity contribution is 7.98. The topological polar surface area (TPSA) is 102 Å². The van der Waals surface area contributed by atoms with Crippen molar-refractivity contribution in [2.75, 3.05) is 6.26 Å². The summed E-state index contributed by atoms with van der Waals surface area (Å²) in [5, 5.41) is 18.8. The van der Waals surface area contributed by atoms with E-state index in [9.17, 15) is 14.9 Å². The molecular formula is C15H17N5O3S. The molecule has 0 saturated carbocycles. The third-order valence-corrected chi connectivity index (χ3v) is 4.08. The van der Waals surface area contributed by atoms with Gasteiger partial charge in [-0.2, -0.15) is 10.2 Å². The minimum absolute atomic E-state index is 0.0693. The zero-order valence-electron chi connectivity index (χ0n) is 13.5. The van der Waals surface area contributed by atoms with Crippen LogP contribution in [-0.4, -0.2) is 33.1 Å². The zero-order chi connectivity index (χ0) is 17.7. The number of rotatable bonds is 6. The second kappa shape index (κ2) is 7.73. The molecule has 0 aliphatic rings. The predicted molar refractivity (Wildman–Crippen MR) is 92.3 cm³/mol. The molecule has 1 amide bonds. The number of nitrogens with one attached hydrogen (secondary N) is 1. The number of aryl methyl sites for hydroxylation is 1. The maximum atomic E-state index is 11.9. The zero-order valence-corrected chi connectivity index (χ0v) is 14.3. The molecule has 1 heterocycles. The number of thioether (sulfide) groups is 1. The molecule has 0 aliphatic heterocycles. The molecule has 0 radical (unpaired) electrons. The number of hydrazone groups is 1. The van der Waals surface area contributed by atoms with Crippen LogP contribution in [-0.2, 0) is 11.3 Å². The summed E-state index contributed by atoms with van der Waals surface area (Å²) >= 11 is 1.64. The first-order valence-electron chi connectivity index (χ1n) is 7.06. The third-order valence-electron chi connectivity index (χ3n) is 3.34. The van der Waals surface area contributed by atoms with Crippen molar-refractivity contribution in [1.29, 1.82) is 0 Å². The van der Waals surface area contributed by atoms with Gasteiger partial charge >= 0.3 is 5.69 Å². The van der Waals surface area contributed by atoms with Gasteiger partial charge in [0.25, 0.3) is 5.91 Å². The molecule has 0 bridgehead atoms. The molecule has 0 fully saturated rings. The highest BCUT2D eigenvalue weighted by Crippen LogP contribution is 2.21. The minimum atomic E-state index is -0.498. The van der Waals surface area contributed by atoms with Gasteiger partial charge in [-0.1, -0.05) is 12.1 Å². The van der Waals surface area contributed by atoms with Gasteiger partial charge in [0, 0.05) is 4.90 Å². The minimum Gasteiger partial charge on any atom is -0.271 e. The highest BCUT2D eigenvalue weighted by Gasteiger charge is 2.22. The lowest BCUT2D eigenvalue weighted by atomic mass is 10.2. The molecule has 126 valence electrons. The second-order valence-electron chi connectivity index (χ2n) is 5.00. The number of benzene rings is 1. The van der Waals surface area contributed by atoms with E-state index in [0.29, 0.717) is 5.69 Å². The molecule has 9 heteroatoms. The Bertz CT molecular complexity index is 783. The molecule has 2 rings (SSSR count). The van der Waals surface area contributed by atoms with Crippen LogP contribution in [0.25, 0.3) is 0 Å². The Labute approximate surface area is 143 Å². The summed E-state index contributed by atoms with van der Waals surface area (Å²) in [6.07, 6.45) is 3.53. The van der Waals surface area contributed by atoms with Crippen molar-refractivity contribution in [2.24, 2.45) is 5.10 Å². The monoisotopic (exact) mass is 347 g/mol. The molecule has 0 spiro atoms. The number of amides is 1. The van der Waals surface area contributed by atoms with Crippen LogP contribution in [0.15, 0.2) is 34.3 Å². The second-order valence-corrected chi connectivity index (χ2v) is 5.88. The Morgan fingerprint density at radius 1 is 1.42 bits per heavy atom. The van der Waals surface area contributed by atoms with Crippen molar-refractivity contribution < 1.29 is 9.72 Å². The van der Waals surface area contributed by atoms with Gasteiger partial charge in [-0.15, -0.1) is 11.8 Å². The van der Waals surface area contributed by atoms with Gasteiger partial charge in [0.15, 0.2) is 0 Å². The number of nitrogens with zero attached hydrogens (tertiary/aromatic N) is 4. The average Bonchev–Trinajstić information content (AvgIpc) is 2.82. The Hall–Kier alpha value is -2.68. The molecule has 0 unspecified atom stereocenters. The number of carbonyl (C=O) groups excluding carboxylic acids is 1. The van der Waals surface area contributed by atoms with Crippen LogP contribution < -0.4 is 5.43 Å². The van der Waals surface area contributed by atoms with E-state index in [4.69, 9.17) is 0 Å². The first-order chi connectivity index (χ1) is 11.4. The summed E-state index contributed by atoms with van der Waals surface area (Å²) in [6, 6.07) is 7.71. The van der Waals surface area contributed by atoms with Gasteiger partial charge < -0.3 is 0 Å². The summed E-state index contributed by atoms with van der Waals surface area (Å²) in [6.45, 7) is 2.96. The van der Waals surface area contributed by atoms with E-state index in [1.165, 1.54) is 17.8 Å². The Morgan fingerprint density at radius 3 is 2.62 bits per heavy atom. The van der Waals surface area contributed by atoms with Gasteiger partial charge in [-0.05, 0) is 37.8 Å². The van der Waals surface area contributed by atoms with Crippen molar-refractivity contribution >= 4 is 29.6 Å². The van der Waals surface area contributed by atoms with E-state index < -0.39 is 10.8 Å². The molecule has 0 aliphatic carbocycles. The lowest BCUT2D eigenvalue weighted by Gasteiger charge is -2.02. The molecular weight excluding hydrogens is 330 g/mol. The first-order valence-corrected chi connectivity index (χ1v) is 8.29. The van der Waals surface area contributed by atoms with E-state index in [2.05, 4.69) is 15.6 Å². The van der Waals surface area contributed by atoms with Crippen molar-refractivity contribution in [3.05, 3.63) is 51.3 Å². The summed E-state index contributed by atoms with van der Waals surface area (Å²) in [5.74, 6) is -0.410. The van der Waals surface area contributed by atoms with Crippen molar-refractivity contribution in [3.8, 4) is 0 Å². The molecule has 2 aromatic rings. The summed E-state index contributed by atoms with van der Waals surface area (Å²) in [7, 11) is 0. The van der Waals surface area contributed by atoms with Crippen molar-refractivity contribution in [1.82, 2.24) is 15.2 Å². The first kappa shape index (κ1) is 17.7. The summed E-state index contributed by atoms with van der Waals surface area (Å²) in [5.41, 5.74) is 3.79. The van der Waals surface area contributed by atoms with E-state index in [0.717, 1.165) is 10.5 Å². The number of hydrogen-bond donors (Lipinski definition) is 1. The third kappa shape index (κ3) is 4.19. The average molecular weight is 347 g/mol. The molecule has 8 nitrogen and oxygen atoms in total. The van der Waals surface area contributed by atoms with E-state index in [1.807, 2.05) is 30.5 Å². The maximum Gasteiger partial charge on any atom is 0.312 e. The summed E-state index contributed by atoms with van der Waals surface area (Å²) < 4.78 is 1.30. The van der Waals surface area contributed by atoms with E-state index >= 15 is 0 Å². The van der Waals surface area contributed by atoms with Crippen LogP contribution in [0.1, 0.15) is 17.0 Å². The SMILES string of the molecule is CSc1ccc(/C=N/NC(=O)Cn2nc(C)c([N+](=O)[O-])c2C)cc1. The normalized spacial score (nSPS) is 11.0. The van der Waals surface area contributed by atoms with Crippen LogP contribution >= 0.6 is 11.8 Å². The lowest BCUT2D eigenvalue weighted by Crippen LogP contribution is -2.24. The quantitative estimate of drug-likeness (QED) is 0.374. The van der Waals surface area contributed by atoms with Gasteiger partial charge in [0.1, 0.15) is 17.9 Å². The number of aromatic nitrogens is 2. The molecule has 0 saturated heterocycles. The predicted octanol–water partition coefficient (Wildman–Crippen LogP) is 2.28. The lowest BCUT2D eigenvalue weighted by molar-refractivity contribution is -0.386. The van der Waals surface area contributed by atoms with E-state index in [1.54, 1.807) is 18.7 Å². The standard InChI is InChI=1S/C15H17N5O3S/c1-10-15(20(22)23)11(2)19(18-10)9-14(21)17-16-8-12-4-6-13(24-3)7-5-12/h4-8H,9H2,1-3H3,(H,17,21)/b16-8+. The largest absolute Gasteiger partial charge is 0.312 e. The Kier molecular flexibility index (Phi) is 5.69.